The Balaban J connectivity index is 1.83. The van der Waals surface area contributed by atoms with Gasteiger partial charge >= 0.3 is 5.91 Å². The lowest BCUT2D eigenvalue weighted by Crippen LogP contribution is -2.36. The van der Waals surface area contributed by atoms with Gasteiger partial charge in [-0.05, 0) is 11.6 Å². The number of nitrogens with zero attached hydrogens (tertiary/aromatic N) is 1. The van der Waals surface area contributed by atoms with E-state index in [9.17, 15) is 4.79 Å². The molecule has 0 aliphatic heterocycles. The van der Waals surface area contributed by atoms with Crippen LogP contribution in [-0.2, 0) is 11.5 Å². The minimum absolute atomic E-state index is 0.216. The molecule has 0 saturated heterocycles. The average molecular weight is 340 g/mol. The molecule has 1 amide bonds. The number of carbonyl (C=O) groups is 1. The highest BCUT2D eigenvalue weighted by Gasteiger charge is 2.20. The second kappa shape index (κ2) is 7.55. The monoisotopic (exact) mass is 340 g/mol. The summed E-state index contributed by atoms with van der Waals surface area (Å²) in [7, 11) is 3.56. The quantitative estimate of drug-likeness (QED) is 0.687. The van der Waals surface area contributed by atoms with Crippen LogP contribution in [0, 0.1) is 0 Å². The number of fused-ring (bicyclic) bond motifs is 1. The first-order chi connectivity index (χ1) is 11.6. The number of nitrogens with one attached hydrogen (secondary N) is 1. The number of furan rings is 1. The number of amides is 1. The highest BCUT2D eigenvalue weighted by Crippen LogP contribution is 2.30. The fourth-order valence-corrected chi connectivity index (χ4v) is 3.55. The zero-order valence-corrected chi connectivity index (χ0v) is 14.6. The smallest absolute Gasteiger partial charge is 0.301 e. The van der Waals surface area contributed by atoms with Crippen molar-refractivity contribution in [3.05, 3.63) is 71.5 Å². The van der Waals surface area contributed by atoms with Crippen LogP contribution in [0.4, 0.5) is 0 Å². The van der Waals surface area contributed by atoms with Crippen LogP contribution in [0.1, 0.15) is 21.7 Å². The Bertz CT molecular complexity index is 828. The standard InChI is InChI=1S/C19H20N2O2S/c1-21(2)20-19(22)18-16(15-10-6-7-11-17(15)23-18)13-24-12-14-8-4-3-5-9-14/h3-11H,12-13H2,1-2H3,(H,20,22). The number of thioether (sulfide) groups is 1. The lowest BCUT2D eigenvalue weighted by molar-refractivity contribution is 0.0828. The van der Waals surface area contributed by atoms with Crippen molar-refractivity contribution in [1.29, 1.82) is 0 Å². The first-order valence-electron chi connectivity index (χ1n) is 7.75. The van der Waals surface area contributed by atoms with Crippen LogP contribution in [0.2, 0.25) is 0 Å². The number of hydrogen-bond donors (Lipinski definition) is 1. The molecule has 3 aromatic rings. The molecule has 0 aliphatic carbocycles. The molecule has 0 aliphatic rings. The van der Waals surface area contributed by atoms with E-state index in [1.165, 1.54) is 5.56 Å². The molecule has 0 bridgehead atoms. The molecule has 0 radical (unpaired) electrons. The molecule has 4 nitrogen and oxygen atoms in total. The molecule has 124 valence electrons. The lowest BCUT2D eigenvalue weighted by Gasteiger charge is -2.11. The summed E-state index contributed by atoms with van der Waals surface area (Å²) in [5.74, 6) is 1.80. The fourth-order valence-electron chi connectivity index (χ4n) is 2.52. The maximum atomic E-state index is 12.4. The van der Waals surface area contributed by atoms with Crippen LogP contribution in [0.15, 0.2) is 59.0 Å². The molecule has 2 aromatic carbocycles. The van der Waals surface area contributed by atoms with Gasteiger partial charge in [-0.2, -0.15) is 11.8 Å². The molecular weight excluding hydrogens is 320 g/mol. The Hall–Kier alpha value is -2.24. The summed E-state index contributed by atoms with van der Waals surface area (Å²) in [5, 5.41) is 2.62. The topological polar surface area (TPSA) is 45.5 Å². The van der Waals surface area contributed by atoms with Gasteiger partial charge in [0.25, 0.3) is 0 Å². The fraction of sp³-hybridized carbons (Fsp3) is 0.211. The van der Waals surface area contributed by atoms with Crippen LogP contribution in [-0.4, -0.2) is 25.0 Å². The molecular formula is C19H20N2O2S. The second-order valence-corrected chi connectivity index (χ2v) is 6.71. The molecule has 24 heavy (non-hydrogen) atoms. The third-order valence-corrected chi connectivity index (χ3v) is 4.62. The van der Waals surface area contributed by atoms with Gasteiger partial charge in [0.05, 0.1) is 0 Å². The maximum absolute atomic E-state index is 12.4. The van der Waals surface area contributed by atoms with Gasteiger partial charge in [0.1, 0.15) is 5.58 Å². The third kappa shape index (κ3) is 3.80. The van der Waals surface area contributed by atoms with E-state index < -0.39 is 0 Å². The van der Waals surface area contributed by atoms with Crippen molar-refractivity contribution in [2.45, 2.75) is 11.5 Å². The minimum atomic E-state index is -0.216. The molecule has 0 unspecified atom stereocenters. The van der Waals surface area contributed by atoms with Gasteiger partial charge in [-0.25, -0.2) is 5.01 Å². The first-order valence-corrected chi connectivity index (χ1v) is 8.91. The normalized spacial score (nSPS) is 11.1. The van der Waals surface area contributed by atoms with Crippen LogP contribution in [0.3, 0.4) is 0 Å². The molecule has 1 aromatic heterocycles. The predicted molar refractivity (Wildman–Crippen MR) is 98.8 cm³/mol. The van der Waals surface area contributed by atoms with Crippen molar-refractivity contribution in [1.82, 2.24) is 10.4 Å². The Morgan fingerprint density at radius 3 is 2.50 bits per heavy atom. The Morgan fingerprint density at radius 1 is 1.04 bits per heavy atom. The summed E-state index contributed by atoms with van der Waals surface area (Å²) >= 11 is 1.78. The molecule has 1 heterocycles. The zero-order valence-electron chi connectivity index (χ0n) is 13.8. The Labute approximate surface area is 145 Å². The summed E-state index contributed by atoms with van der Waals surface area (Å²) in [5.41, 5.74) is 5.73. The van der Waals surface area contributed by atoms with Crippen molar-refractivity contribution in [3.8, 4) is 0 Å². The van der Waals surface area contributed by atoms with Crippen molar-refractivity contribution in [2.24, 2.45) is 0 Å². The average Bonchev–Trinajstić information content (AvgIpc) is 2.94. The van der Waals surface area contributed by atoms with Gasteiger partial charge < -0.3 is 4.42 Å². The number of para-hydroxylation sites is 1. The summed E-state index contributed by atoms with van der Waals surface area (Å²) in [6, 6.07) is 18.1. The van der Waals surface area contributed by atoms with Crippen LogP contribution in [0.5, 0.6) is 0 Å². The molecule has 0 saturated carbocycles. The SMILES string of the molecule is CN(C)NC(=O)c1oc2ccccc2c1CSCc1ccccc1. The molecule has 1 N–H and O–H groups in total. The van der Waals surface area contributed by atoms with Crippen LogP contribution < -0.4 is 5.43 Å². The second-order valence-electron chi connectivity index (χ2n) is 5.72. The Morgan fingerprint density at radius 2 is 1.75 bits per heavy atom. The van der Waals surface area contributed by atoms with Crippen molar-refractivity contribution >= 4 is 28.6 Å². The van der Waals surface area contributed by atoms with Gasteiger partial charge in [0, 0.05) is 36.6 Å². The molecule has 0 fully saturated rings. The van der Waals surface area contributed by atoms with Gasteiger partial charge in [-0.3, -0.25) is 10.2 Å². The Kier molecular flexibility index (Phi) is 5.23. The number of hydrazine groups is 1. The molecule has 3 rings (SSSR count). The summed E-state index contributed by atoms with van der Waals surface area (Å²) in [4.78, 5) is 12.4. The van der Waals surface area contributed by atoms with E-state index in [1.54, 1.807) is 30.9 Å². The van der Waals surface area contributed by atoms with Crippen LogP contribution in [0.25, 0.3) is 11.0 Å². The van der Waals surface area contributed by atoms with E-state index in [1.807, 2.05) is 42.5 Å². The van der Waals surface area contributed by atoms with E-state index in [0.29, 0.717) is 5.76 Å². The van der Waals surface area contributed by atoms with E-state index in [-0.39, 0.29) is 5.91 Å². The molecule has 0 atom stereocenters. The lowest BCUT2D eigenvalue weighted by atomic mass is 10.1. The number of rotatable bonds is 6. The summed E-state index contributed by atoms with van der Waals surface area (Å²) < 4.78 is 5.81. The number of hydrogen-bond acceptors (Lipinski definition) is 4. The zero-order chi connectivity index (χ0) is 16.9. The van der Waals surface area contributed by atoms with Crippen molar-refractivity contribution in [3.63, 3.8) is 0 Å². The van der Waals surface area contributed by atoms with Gasteiger partial charge in [0.15, 0.2) is 5.76 Å². The van der Waals surface area contributed by atoms with Crippen molar-refractivity contribution in [2.75, 3.05) is 14.1 Å². The molecule has 5 heteroatoms. The predicted octanol–water partition coefficient (Wildman–Crippen LogP) is 4.07. The highest BCUT2D eigenvalue weighted by molar-refractivity contribution is 7.97. The third-order valence-electron chi connectivity index (χ3n) is 3.59. The van der Waals surface area contributed by atoms with E-state index in [2.05, 4.69) is 17.6 Å². The van der Waals surface area contributed by atoms with E-state index >= 15 is 0 Å². The minimum Gasteiger partial charge on any atom is -0.451 e. The van der Waals surface area contributed by atoms with E-state index in [0.717, 1.165) is 28.0 Å². The largest absolute Gasteiger partial charge is 0.451 e. The highest BCUT2D eigenvalue weighted by atomic mass is 32.2. The summed E-state index contributed by atoms with van der Waals surface area (Å²) in [6.45, 7) is 0. The number of carbonyl (C=O) groups excluding carboxylic acids is 1. The first kappa shape index (κ1) is 16.6. The van der Waals surface area contributed by atoms with Gasteiger partial charge in [-0.1, -0.05) is 48.5 Å². The molecule has 0 spiro atoms. The van der Waals surface area contributed by atoms with Crippen molar-refractivity contribution < 1.29 is 9.21 Å². The van der Waals surface area contributed by atoms with Gasteiger partial charge in [-0.15, -0.1) is 0 Å². The van der Waals surface area contributed by atoms with E-state index in [4.69, 9.17) is 4.42 Å². The van der Waals surface area contributed by atoms with Crippen LogP contribution >= 0.6 is 11.8 Å². The number of benzene rings is 2. The maximum Gasteiger partial charge on any atom is 0.301 e. The summed E-state index contributed by atoms with van der Waals surface area (Å²) in [6.07, 6.45) is 0. The van der Waals surface area contributed by atoms with Gasteiger partial charge in [0.2, 0.25) is 0 Å².